The quantitative estimate of drug-likeness (QED) is 0.575. The van der Waals surface area contributed by atoms with Crippen LogP contribution in [-0.4, -0.2) is 23.3 Å². The number of hydrogen-bond acceptors (Lipinski definition) is 5. The van der Waals surface area contributed by atoms with Crippen LogP contribution >= 0.6 is 11.8 Å². The zero-order valence-electron chi connectivity index (χ0n) is 8.65. The summed E-state index contributed by atoms with van der Waals surface area (Å²) < 4.78 is 5.09. The molecule has 1 saturated carbocycles. The predicted molar refractivity (Wildman–Crippen MR) is 56.9 cm³/mol. The topological polar surface area (TPSA) is 58.8 Å². The number of thioether (sulfide) groups is 1. The lowest BCUT2D eigenvalue weighted by Gasteiger charge is -2.08. The molecule has 0 N–H and O–H groups in total. The van der Waals surface area contributed by atoms with E-state index in [1.165, 1.54) is 11.8 Å². The van der Waals surface area contributed by atoms with E-state index in [1.54, 1.807) is 13.2 Å². The highest BCUT2D eigenvalue weighted by molar-refractivity contribution is 7.98. The molecular formula is C10H11N3OS. The second-order valence-corrected chi connectivity index (χ2v) is 4.25. The predicted octanol–water partition coefficient (Wildman–Crippen LogP) is 1.76. The van der Waals surface area contributed by atoms with Crippen LogP contribution in [0.15, 0.2) is 11.2 Å². The lowest BCUT2D eigenvalue weighted by Crippen LogP contribution is -2.08. The van der Waals surface area contributed by atoms with Crippen LogP contribution in [0.2, 0.25) is 0 Å². The third kappa shape index (κ3) is 1.77. The normalized spacial score (nSPS) is 16.9. The molecule has 0 bridgehead atoms. The Balaban J connectivity index is 2.44. The molecule has 1 heterocycles. The summed E-state index contributed by atoms with van der Waals surface area (Å²) in [5, 5.41) is 9.74. The molecule has 4 nitrogen and oxygen atoms in total. The summed E-state index contributed by atoms with van der Waals surface area (Å²) >= 11 is 1.46. The molecule has 0 atom stereocenters. The molecule has 0 aromatic carbocycles. The molecule has 1 aromatic heterocycles. The molecule has 1 aromatic rings. The molecule has 15 heavy (non-hydrogen) atoms. The molecule has 0 aliphatic heterocycles. The summed E-state index contributed by atoms with van der Waals surface area (Å²) in [6, 6.07) is 4.08. The molecule has 78 valence electrons. The largest absolute Gasteiger partial charge is 0.481 e. The molecule has 1 aliphatic carbocycles. The average molecular weight is 221 g/mol. The van der Waals surface area contributed by atoms with Gasteiger partial charge in [0.15, 0.2) is 5.16 Å². The minimum Gasteiger partial charge on any atom is -0.481 e. The van der Waals surface area contributed by atoms with E-state index in [-0.39, 0.29) is 5.41 Å². The van der Waals surface area contributed by atoms with Crippen LogP contribution in [0.5, 0.6) is 5.88 Å². The van der Waals surface area contributed by atoms with E-state index in [9.17, 15) is 0 Å². The molecule has 1 fully saturated rings. The van der Waals surface area contributed by atoms with Crippen molar-refractivity contribution in [3.05, 3.63) is 11.8 Å². The second-order valence-electron chi connectivity index (χ2n) is 3.48. The van der Waals surface area contributed by atoms with Crippen molar-refractivity contribution in [3.8, 4) is 11.9 Å². The van der Waals surface area contributed by atoms with Gasteiger partial charge in [0.1, 0.15) is 0 Å². The fraction of sp³-hybridized carbons (Fsp3) is 0.500. The number of nitrogens with zero attached hydrogens (tertiary/aromatic N) is 3. The molecule has 0 unspecified atom stereocenters. The van der Waals surface area contributed by atoms with Gasteiger partial charge in [-0.1, -0.05) is 11.8 Å². The van der Waals surface area contributed by atoms with Gasteiger partial charge in [0.2, 0.25) is 5.88 Å². The Morgan fingerprint density at radius 3 is 2.73 bits per heavy atom. The molecule has 0 radical (unpaired) electrons. The molecular weight excluding hydrogens is 210 g/mol. The third-order valence-electron chi connectivity index (χ3n) is 2.53. The van der Waals surface area contributed by atoms with Crippen LogP contribution in [0.3, 0.4) is 0 Å². The minimum absolute atomic E-state index is 0.374. The Morgan fingerprint density at radius 2 is 2.27 bits per heavy atom. The minimum atomic E-state index is -0.374. The van der Waals surface area contributed by atoms with Gasteiger partial charge in [0, 0.05) is 6.07 Å². The second kappa shape index (κ2) is 3.70. The molecule has 1 aliphatic rings. The monoisotopic (exact) mass is 221 g/mol. The van der Waals surface area contributed by atoms with Gasteiger partial charge in [0.05, 0.1) is 24.3 Å². The first kappa shape index (κ1) is 10.2. The van der Waals surface area contributed by atoms with Crippen molar-refractivity contribution < 1.29 is 4.74 Å². The van der Waals surface area contributed by atoms with Crippen LogP contribution in [-0.2, 0) is 5.41 Å². The van der Waals surface area contributed by atoms with Crippen molar-refractivity contribution in [2.75, 3.05) is 13.4 Å². The van der Waals surface area contributed by atoms with E-state index in [2.05, 4.69) is 16.0 Å². The summed E-state index contributed by atoms with van der Waals surface area (Å²) in [5.74, 6) is 0.533. The summed E-state index contributed by atoms with van der Waals surface area (Å²) in [5.41, 5.74) is 0.418. The lowest BCUT2D eigenvalue weighted by molar-refractivity contribution is 0.390. The van der Waals surface area contributed by atoms with Crippen LogP contribution < -0.4 is 4.74 Å². The maximum absolute atomic E-state index is 9.08. The first-order chi connectivity index (χ1) is 7.24. The molecule has 2 rings (SSSR count). The van der Waals surface area contributed by atoms with E-state index in [1.807, 2.05) is 6.26 Å². The number of ether oxygens (including phenoxy) is 1. The number of aromatic nitrogens is 2. The number of hydrogen-bond donors (Lipinski definition) is 0. The summed E-state index contributed by atoms with van der Waals surface area (Å²) in [7, 11) is 1.57. The van der Waals surface area contributed by atoms with E-state index < -0.39 is 0 Å². The Labute approximate surface area is 92.7 Å². The first-order valence-corrected chi connectivity index (χ1v) is 5.85. The van der Waals surface area contributed by atoms with Gasteiger partial charge in [-0.25, -0.2) is 4.98 Å². The van der Waals surface area contributed by atoms with E-state index in [0.29, 0.717) is 11.0 Å². The lowest BCUT2D eigenvalue weighted by atomic mass is 10.1. The van der Waals surface area contributed by atoms with Crippen molar-refractivity contribution in [2.24, 2.45) is 0 Å². The first-order valence-electron chi connectivity index (χ1n) is 4.63. The summed E-state index contributed by atoms with van der Waals surface area (Å²) in [6.45, 7) is 0. The van der Waals surface area contributed by atoms with E-state index in [0.717, 1.165) is 18.5 Å². The summed E-state index contributed by atoms with van der Waals surface area (Å²) in [4.78, 5) is 8.52. The Morgan fingerprint density at radius 1 is 1.53 bits per heavy atom. The average Bonchev–Trinajstić information content (AvgIpc) is 3.09. The van der Waals surface area contributed by atoms with Gasteiger partial charge in [0.25, 0.3) is 0 Å². The molecule has 0 spiro atoms. The van der Waals surface area contributed by atoms with Crippen LogP contribution in [0.4, 0.5) is 0 Å². The Kier molecular flexibility index (Phi) is 2.53. The van der Waals surface area contributed by atoms with Gasteiger partial charge < -0.3 is 4.74 Å². The fourth-order valence-corrected chi connectivity index (χ4v) is 1.77. The van der Waals surface area contributed by atoms with Crippen LogP contribution in [0.1, 0.15) is 18.5 Å². The van der Waals surface area contributed by atoms with Gasteiger partial charge in [-0.05, 0) is 19.1 Å². The number of rotatable bonds is 3. The third-order valence-corrected chi connectivity index (χ3v) is 3.08. The van der Waals surface area contributed by atoms with Crippen molar-refractivity contribution >= 4 is 11.8 Å². The zero-order valence-corrected chi connectivity index (χ0v) is 9.47. The summed E-state index contributed by atoms with van der Waals surface area (Å²) in [6.07, 6.45) is 3.68. The van der Waals surface area contributed by atoms with Crippen molar-refractivity contribution in [1.82, 2.24) is 9.97 Å². The van der Waals surface area contributed by atoms with Crippen molar-refractivity contribution in [1.29, 1.82) is 5.26 Å². The number of methoxy groups -OCH3 is 1. The zero-order chi connectivity index (χ0) is 10.9. The highest BCUT2D eigenvalue weighted by atomic mass is 32.2. The maximum atomic E-state index is 9.08. The van der Waals surface area contributed by atoms with Crippen molar-refractivity contribution in [2.45, 2.75) is 23.4 Å². The molecule has 0 amide bonds. The standard InChI is InChI=1S/C10H11N3OS/c1-14-8-5-7(10(6-11)3-4-10)12-9(13-8)15-2/h5H,3-4H2,1-2H3. The SMILES string of the molecule is COc1cc(C2(C#N)CC2)nc(SC)n1. The molecule has 5 heteroatoms. The van der Waals surface area contributed by atoms with E-state index >= 15 is 0 Å². The number of nitriles is 1. The highest BCUT2D eigenvalue weighted by Crippen LogP contribution is 2.47. The Bertz CT molecular complexity index is 401. The van der Waals surface area contributed by atoms with Gasteiger partial charge >= 0.3 is 0 Å². The van der Waals surface area contributed by atoms with Gasteiger partial charge in [-0.15, -0.1) is 0 Å². The van der Waals surface area contributed by atoms with Gasteiger partial charge in [-0.3, -0.25) is 0 Å². The van der Waals surface area contributed by atoms with Crippen LogP contribution in [0.25, 0.3) is 0 Å². The smallest absolute Gasteiger partial charge is 0.217 e. The van der Waals surface area contributed by atoms with Crippen molar-refractivity contribution in [3.63, 3.8) is 0 Å². The Hall–Kier alpha value is -1.28. The molecule has 0 saturated heterocycles. The van der Waals surface area contributed by atoms with Gasteiger partial charge in [-0.2, -0.15) is 10.2 Å². The maximum Gasteiger partial charge on any atom is 0.217 e. The highest BCUT2D eigenvalue weighted by Gasteiger charge is 2.47. The van der Waals surface area contributed by atoms with E-state index in [4.69, 9.17) is 10.00 Å². The fourth-order valence-electron chi connectivity index (χ4n) is 1.40. The van der Waals surface area contributed by atoms with Crippen LogP contribution in [0, 0.1) is 11.3 Å².